The Morgan fingerprint density at radius 2 is 1.84 bits per heavy atom. The molecule has 2 aromatic carbocycles. The number of aromatic nitrogens is 1. The number of rotatable bonds is 6. The third-order valence-electron chi connectivity index (χ3n) is 5.20. The molecule has 0 saturated carbocycles. The van der Waals surface area contributed by atoms with Gasteiger partial charge in [-0.15, -0.1) is 11.8 Å². The Morgan fingerprint density at radius 1 is 1.09 bits per heavy atom. The second kappa shape index (κ2) is 10.1. The molecule has 0 spiro atoms. The topological polar surface area (TPSA) is 62.3 Å². The van der Waals surface area contributed by atoms with Crippen LogP contribution in [0, 0.1) is 5.82 Å². The summed E-state index contributed by atoms with van der Waals surface area (Å²) in [5.41, 5.74) is 1.96. The lowest BCUT2D eigenvalue weighted by Crippen LogP contribution is -2.48. The fourth-order valence-corrected chi connectivity index (χ4v) is 5.24. The van der Waals surface area contributed by atoms with Gasteiger partial charge in [-0.05, 0) is 42.0 Å². The standard InChI is InChI=1S/C24H21ClFN3O2S/c25-20-7-2-1-6-19(20)23(31)29-21(15-32-24(29)16-8-10-17(26)11-9-16)22(30)28-14-12-18-5-3-4-13-27-18/h1-11,13,21,24H,12,14-15H2,(H,28,30). The number of hydrogen-bond acceptors (Lipinski definition) is 4. The zero-order valence-electron chi connectivity index (χ0n) is 17.1. The van der Waals surface area contributed by atoms with Crippen molar-refractivity contribution in [2.24, 2.45) is 0 Å². The summed E-state index contributed by atoms with van der Waals surface area (Å²) in [4.78, 5) is 32.4. The van der Waals surface area contributed by atoms with E-state index in [0.717, 1.165) is 11.3 Å². The van der Waals surface area contributed by atoms with E-state index in [0.29, 0.717) is 29.3 Å². The lowest BCUT2D eigenvalue weighted by atomic mass is 10.1. The molecule has 3 aromatic rings. The van der Waals surface area contributed by atoms with Crippen LogP contribution in [-0.4, -0.2) is 40.0 Å². The zero-order chi connectivity index (χ0) is 22.5. The molecule has 32 heavy (non-hydrogen) atoms. The van der Waals surface area contributed by atoms with E-state index in [4.69, 9.17) is 11.6 Å². The minimum Gasteiger partial charge on any atom is -0.354 e. The van der Waals surface area contributed by atoms with Crippen LogP contribution in [0.25, 0.3) is 0 Å². The van der Waals surface area contributed by atoms with Gasteiger partial charge in [-0.1, -0.05) is 41.9 Å². The van der Waals surface area contributed by atoms with Gasteiger partial charge in [0.1, 0.15) is 17.2 Å². The number of thioether (sulfide) groups is 1. The molecule has 1 aliphatic rings. The molecule has 1 aliphatic heterocycles. The Bertz CT molecular complexity index is 1100. The average Bonchev–Trinajstić information content (AvgIpc) is 3.25. The number of halogens is 2. The molecule has 0 aliphatic carbocycles. The highest BCUT2D eigenvalue weighted by atomic mass is 35.5. The van der Waals surface area contributed by atoms with Gasteiger partial charge in [0.15, 0.2) is 0 Å². The summed E-state index contributed by atoms with van der Waals surface area (Å²) in [6.07, 6.45) is 2.30. The molecule has 2 heterocycles. The van der Waals surface area contributed by atoms with Gasteiger partial charge in [0, 0.05) is 30.6 Å². The largest absolute Gasteiger partial charge is 0.354 e. The monoisotopic (exact) mass is 469 g/mol. The molecule has 1 fully saturated rings. The normalized spacial score (nSPS) is 17.9. The molecule has 0 radical (unpaired) electrons. The fourth-order valence-electron chi connectivity index (χ4n) is 3.59. The predicted octanol–water partition coefficient (Wildman–Crippen LogP) is 4.49. The number of carbonyl (C=O) groups excluding carboxylic acids is 2. The first-order chi connectivity index (χ1) is 15.5. The maximum absolute atomic E-state index is 13.5. The minimum absolute atomic E-state index is 0.238. The highest BCUT2D eigenvalue weighted by Gasteiger charge is 2.42. The summed E-state index contributed by atoms with van der Waals surface area (Å²) >= 11 is 7.75. The van der Waals surface area contributed by atoms with E-state index >= 15 is 0 Å². The molecule has 1 N–H and O–H groups in total. The molecule has 0 bridgehead atoms. The Hall–Kier alpha value is -2.90. The number of pyridine rings is 1. The van der Waals surface area contributed by atoms with Crippen molar-refractivity contribution in [2.45, 2.75) is 17.8 Å². The third-order valence-corrected chi connectivity index (χ3v) is 6.86. The van der Waals surface area contributed by atoms with Gasteiger partial charge >= 0.3 is 0 Å². The SMILES string of the molecule is O=C(NCCc1ccccn1)C1CSC(c2ccc(F)cc2)N1C(=O)c1ccccc1Cl. The van der Waals surface area contributed by atoms with Crippen LogP contribution < -0.4 is 5.32 Å². The van der Waals surface area contributed by atoms with Crippen molar-refractivity contribution < 1.29 is 14.0 Å². The first-order valence-corrected chi connectivity index (χ1v) is 11.6. The lowest BCUT2D eigenvalue weighted by Gasteiger charge is -2.29. The maximum atomic E-state index is 13.5. The number of nitrogens with zero attached hydrogens (tertiary/aromatic N) is 2. The molecule has 1 aromatic heterocycles. The number of benzene rings is 2. The van der Waals surface area contributed by atoms with Crippen molar-refractivity contribution in [1.82, 2.24) is 15.2 Å². The van der Waals surface area contributed by atoms with Crippen molar-refractivity contribution in [2.75, 3.05) is 12.3 Å². The van der Waals surface area contributed by atoms with Gasteiger partial charge in [-0.2, -0.15) is 0 Å². The van der Waals surface area contributed by atoms with E-state index in [-0.39, 0.29) is 17.6 Å². The summed E-state index contributed by atoms with van der Waals surface area (Å²) in [5, 5.41) is 2.82. The molecule has 164 valence electrons. The predicted molar refractivity (Wildman–Crippen MR) is 124 cm³/mol. The lowest BCUT2D eigenvalue weighted by molar-refractivity contribution is -0.124. The van der Waals surface area contributed by atoms with Gasteiger partial charge in [-0.25, -0.2) is 4.39 Å². The van der Waals surface area contributed by atoms with Crippen LogP contribution in [0.4, 0.5) is 4.39 Å². The number of hydrogen-bond donors (Lipinski definition) is 1. The molecular weight excluding hydrogens is 449 g/mol. The first-order valence-electron chi connectivity index (χ1n) is 10.2. The molecule has 5 nitrogen and oxygen atoms in total. The summed E-state index contributed by atoms with van der Waals surface area (Å²) in [6.45, 7) is 0.409. The van der Waals surface area contributed by atoms with Crippen molar-refractivity contribution in [3.05, 3.63) is 101 Å². The molecule has 1 saturated heterocycles. The summed E-state index contributed by atoms with van der Waals surface area (Å²) in [5.74, 6) is -0.504. The summed E-state index contributed by atoms with van der Waals surface area (Å²) in [7, 11) is 0. The van der Waals surface area contributed by atoms with Gasteiger partial charge in [0.05, 0.1) is 10.6 Å². The van der Waals surface area contributed by atoms with Crippen molar-refractivity contribution in [1.29, 1.82) is 0 Å². The van der Waals surface area contributed by atoms with Gasteiger partial charge in [-0.3, -0.25) is 14.6 Å². The summed E-state index contributed by atoms with van der Waals surface area (Å²) in [6, 6.07) is 17.7. The molecule has 8 heteroatoms. The smallest absolute Gasteiger partial charge is 0.257 e. The quantitative estimate of drug-likeness (QED) is 0.577. The van der Waals surface area contributed by atoms with Crippen LogP contribution in [0.1, 0.15) is 27.0 Å². The van der Waals surface area contributed by atoms with Crippen molar-refractivity contribution in [3.8, 4) is 0 Å². The van der Waals surface area contributed by atoms with Crippen LogP contribution in [-0.2, 0) is 11.2 Å². The second-order valence-corrected chi connectivity index (χ2v) is 8.83. The zero-order valence-corrected chi connectivity index (χ0v) is 18.7. The Balaban J connectivity index is 1.56. The van der Waals surface area contributed by atoms with E-state index in [9.17, 15) is 14.0 Å². The van der Waals surface area contributed by atoms with E-state index < -0.39 is 11.4 Å². The molecule has 4 rings (SSSR count). The number of amides is 2. The first kappa shape index (κ1) is 22.3. The van der Waals surface area contributed by atoms with Gasteiger partial charge in [0.25, 0.3) is 5.91 Å². The Labute approximate surface area is 195 Å². The molecule has 2 amide bonds. The molecular formula is C24H21ClFN3O2S. The second-order valence-electron chi connectivity index (χ2n) is 7.31. The number of carbonyl (C=O) groups is 2. The van der Waals surface area contributed by atoms with E-state index in [1.165, 1.54) is 23.9 Å². The Morgan fingerprint density at radius 3 is 2.56 bits per heavy atom. The van der Waals surface area contributed by atoms with Crippen LogP contribution in [0.15, 0.2) is 72.9 Å². The van der Waals surface area contributed by atoms with Gasteiger partial charge < -0.3 is 10.2 Å². The maximum Gasteiger partial charge on any atom is 0.257 e. The fraction of sp³-hybridized carbons (Fsp3) is 0.208. The number of nitrogens with one attached hydrogen (secondary N) is 1. The van der Waals surface area contributed by atoms with Crippen LogP contribution in [0.3, 0.4) is 0 Å². The van der Waals surface area contributed by atoms with Crippen LogP contribution in [0.5, 0.6) is 0 Å². The third kappa shape index (κ3) is 4.95. The average molecular weight is 470 g/mol. The molecule has 2 unspecified atom stereocenters. The van der Waals surface area contributed by atoms with E-state index in [2.05, 4.69) is 10.3 Å². The van der Waals surface area contributed by atoms with Crippen LogP contribution >= 0.6 is 23.4 Å². The minimum atomic E-state index is -0.678. The van der Waals surface area contributed by atoms with Crippen molar-refractivity contribution in [3.63, 3.8) is 0 Å². The Kier molecular flexibility index (Phi) is 7.07. The van der Waals surface area contributed by atoms with E-state index in [1.54, 1.807) is 47.5 Å². The van der Waals surface area contributed by atoms with Crippen LogP contribution in [0.2, 0.25) is 5.02 Å². The highest BCUT2D eigenvalue weighted by molar-refractivity contribution is 7.99. The van der Waals surface area contributed by atoms with Gasteiger partial charge in [0.2, 0.25) is 5.91 Å². The highest BCUT2D eigenvalue weighted by Crippen LogP contribution is 2.42. The van der Waals surface area contributed by atoms with E-state index in [1.807, 2.05) is 18.2 Å². The summed E-state index contributed by atoms with van der Waals surface area (Å²) < 4.78 is 13.5. The molecule has 2 atom stereocenters. The van der Waals surface area contributed by atoms with Crippen molar-refractivity contribution >= 4 is 35.2 Å².